The number of carbonyl (C=O) groups excluding carboxylic acids is 1. The molecule has 4 nitrogen and oxygen atoms in total. The monoisotopic (exact) mass is 235 g/mol. The van der Waals surface area contributed by atoms with Crippen molar-refractivity contribution in [3.05, 3.63) is 35.9 Å². The zero-order valence-corrected chi connectivity index (χ0v) is 10.1. The summed E-state index contributed by atoms with van der Waals surface area (Å²) in [7, 11) is 1.75. The summed E-state index contributed by atoms with van der Waals surface area (Å²) in [6.07, 6.45) is 0. The third-order valence-corrected chi connectivity index (χ3v) is 2.52. The molecule has 4 heteroatoms. The van der Waals surface area contributed by atoms with Crippen LogP contribution in [0.25, 0.3) is 0 Å². The Morgan fingerprint density at radius 1 is 1.29 bits per heavy atom. The molecule has 1 rings (SSSR count). The number of nitrogens with zero attached hydrogens (tertiary/aromatic N) is 1. The average molecular weight is 235 g/mol. The van der Waals surface area contributed by atoms with Crippen LogP contribution in [0.1, 0.15) is 17.3 Å². The van der Waals surface area contributed by atoms with E-state index in [0.717, 1.165) is 0 Å². The number of benzene rings is 1. The zero-order valence-electron chi connectivity index (χ0n) is 10.1. The smallest absolute Gasteiger partial charge is 0.307 e. The number of carbonyl (C=O) groups is 2. The number of aliphatic carboxylic acids is 1. The lowest BCUT2D eigenvalue weighted by molar-refractivity contribution is -0.141. The summed E-state index contributed by atoms with van der Waals surface area (Å²) in [4.78, 5) is 24.2. The molecule has 0 aliphatic heterocycles. The van der Waals surface area contributed by atoms with Gasteiger partial charge in [-0.2, -0.15) is 0 Å². The normalized spacial score (nSPS) is 12.4. The van der Waals surface area contributed by atoms with Crippen molar-refractivity contribution >= 4 is 11.8 Å². The van der Waals surface area contributed by atoms with Crippen LogP contribution in [0.5, 0.6) is 0 Å². The van der Waals surface area contributed by atoms with Crippen molar-refractivity contribution in [1.82, 2.24) is 4.90 Å². The molecule has 0 bridgehead atoms. The van der Waals surface area contributed by atoms with Gasteiger partial charge in [-0.3, -0.25) is 14.5 Å². The maximum absolute atomic E-state index is 11.8. The zero-order chi connectivity index (χ0) is 12.8. The van der Waals surface area contributed by atoms with Crippen LogP contribution >= 0.6 is 0 Å². The minimum absolute atomic E-state index is 0.00527. The highest BCUT2D eigenvalue weighted by Gasteiger charge is 2.15. The Morgan fingerprint density at radius 2 is 1.88 bits per heavy atom. The topological polar surface area (TPSA) is 57.6 Å². The van der Waals surface area contributed by atoms with Crippen LogP contribution in [-0.4, -0.2) is 41.9 Å². The molecule has 0 saturated heterocycles. The Kier molecular flexibility index (Phi) is 4.84. The Labute approximate surface area is 101 Å². The van der Waals surface area contributed by atoms with E-state index in [1.807, 2.05) is 18.2 Å². The Balaban J connectivity index is 2.49. The lowest BCUT2D eigenvalue weighted by Crippen LogP contribution is -2.32. The number of ketones is 1. The van der Waals surface area contributed by atoms with E-state index in [9.17, 15) is 9.59 Å². The molecule has 0 spiro atoms. The van der Waals surface area contributed by atoms with Gasteiger partial charge in [-0.05, 0) is 7.05 Å². The summed E-state index contributed by atoms with van der Waals surface area (Å²) < 4.78 is 0. The standard InChI is InChI=1S/C13H17NO3/c1-10(13(16)17)8-14(2)9-12(15)11-6-4-3-5-7-11/h3-7,10H,8-9H2,1-2H3,(H,16,17). The third kappa shape index (κ3) is 4.36. The lowest BCUT2D eigenvalue weighted by Gasteiger charge is -2.18. The van der Waals surface area contributed by atoms with Crippen LogP contribution in [0, 0.1) is 5.92 Å². The summed E-state index contributed by atoms with van der Waals surface area (Å²) in [5.41, 5.74) is 0.655. The van der Waals surface area contributed by atoms with Crippen LogP contribution in [0.2, 0.25) is 0 Å². The molecule has 0 fully saturated rings. The van der Waals surface area contributed by atoms with Crippen LogP contribution in [0.15, 0.2) is 30.3 Å². The molecule has 0 radical (unpaired) electrons. The molecule has 0 amide bonds. The Bertz CT molecular complexity index is 389. The van der Waals surface area contributed by atoms with Gasteiger partial charge in [0.05, 0.1) is 12.5 Å². The van der Waals surface area contributed by atoms with E-state index in [1.54, 1.807) is 31.0 Å². The quantitative estimate of drug-likeness (QED) is 0.759. The van der Waals surface area contributed by atoms with Crippen molar-refractivity contribution in [3.8, 4) is 0 Å². The van der Waals surface area contributed by atoms with E-state index in [0.29, 0.717) is 12.1 Å². The minimum Gasteiger partial charge on any atom is -0.481 e. The highest BCUT2D eigenvalue weighted by Crippen LogP contribution is 2.03. The van der Waals surface area contributed by atoms with Gasteiger partial charge < -0.3 is 5.11 Å². The van der Waals surface area contributed by atoms with Gasteiger partial charge in [-0.15, -0.1) is 0 Å². The molecule has 92 valence electrons. The van der Waals surface area contributed by atoms with E-state index < -0.39 is 11.9 Å². The first-order valence-corrected chi connectivity index (χ1v) is 5.50. The molecule has 1 unspecified atom stereocenters. The number of carboxylic acids is 1. The first kappa shape index (κ1) is 13.4. The summed E-state index contributed by atoms with van der Waals surface area (Å²) >= 11 is 0. The molecule has 1 aromatic carbocycles. The van der Waals surface area contributed by atoms with Crippen LogP contribution < -0.4 is 0 Å². The number of rotatable bonds is 6. The predicted octanol–water partition coefficient (Wildman–Crippen LogP) is 1.52. The van der Waals surface area contributed by atoms with Crippen molar-refractivity contribution in [2.45, 2.75) is 6.92 Å². The van der Waals surface area contributed by atoms with E-state index >= 15 is 0 Å². The van der Waals surface area contributed by atoms with Crippen molar-refractivity contribution in [1.29, 1.82) is 0 Å². The second kappa shape index (κ2) is 6.15. The summed E-state index contributed by atoms with van der Waals surface area (Å²) in [6.45, 7) is 2.24. The fraction of sp³-hybridized carbons (Fsp3) is 0.385. The number of Topliss-reactive ketones (excluding diaryl/α,β-unsaturated/α-hetero) is 1. The van der Waals surface area contributed by atoms with Gasteiger partial charge >= 0.3 is 5.97 Å². The summed E-state index contributed by atoms with van der Waals surface area (Å²) in [6, 6.07) is 9.00. The Morgan fingerprint density at radius 3 is 2.41 bits per heavy atom. The molecular weight excluding hydrogens is 218 g/mol. The maximum atomic E-state index is 11.8. The van der Waals surface area contributed by atoms with Gasteiger partial charge in [0.15, 0.2) is 5.78 Å². The number of carboxylic acid groups (broad SMARTS) is 1. The number of hydrogen-bond acceptors (Lipinski definition) is 3. The van der Waals surface area contributed by atoms with Crippen LogP contribution in [0.3, 0.4) is 0 Å². The van der Waals surface area contributed by atoms with Gasteiger partial charge in [-0.1, -0.05) is 37.3 Å². The van der Waals surface area contributed by atoms with Crippen LogP contribution in [0.4, 0.5) is 0 Å². The van der Waals surface area contributed by atoms with Crippen molar-refractivity contribution in [2.75, 3.05) is 20.1 Å². The molecule has 1 atom stereocenters. The highest BCUT2D eigenvalue weighted by molar-refractivity contribution is 5.97. The number of hydrogen-bond donors (Lipinski definition) is 1. The lowest BCUT2D eigenvalue weighted by atomic mass is 10.1. The summed E-state index contributed by atoms with van der Waals surface area (Å²) in [5, 5.41) is 8.77. The van der Waals surface area contributed by atoms with Gasteiger partial charge in [-0.25, -0.2) is 0 Å². The molecule has 0 aromatic heterocycles. The fourth-order valence-electron chi connectivity index (χ4n) is 1.57. The van der Waals surface area contributed by atoms with Gasteiger partial charge in [0.1, 0.15) is 0 Å². The van der Waals surface area contributed by atoms with E-state index in [-0.39, 0.29) is 12.3 Å². The summed E-state index contributed by atoms with van der Waals surface area (Å²) in [5.74, 6) is -1.31. The molecule has 0 heterocycles. The van der Waals surface area contributed by atoms with E-state index in [2.05, 4.69) is 0 Å². The molecule has 17 heavy (non-hydrogen) atoms. The van der Waals surface area contributed by atoms with Crippen molar-refractivity contribution in [3.63, 3.8) is 0 Å². The fourth-order valence-corrected chi connectivity index (χ4v) is 1.57. The largest absolute Gasteiger partial charge is 0.481 e. The SMILES string of the molecule is CC(CN(C)CC(=O)c1ccccc1)C(=O)O. The second-order valence-electron chi connectivity index (χ2n) is 4.23. The molecule has 1 aromatic rings. The minimum atomic E-state index is -0.844. The molecule has 0 aliphatic rings. The highest BCUT2D eigenvalue weighted by atomic mass is 16.4. The Hall–Kier alpha value is -1.68. The van der Waals surface area contributed by atoms with Crippen molar-refractivity contribution < 1.29 is 14.7 Å². The van der Waals surface area contributed by atoms with E-state index in [4.69, 9.17) is 5.11 Å². The third-order valence-electron chi connectivity index (χ3n) is 2.52. The molecular formula is C13H17NO3. The first-order chi connectivity index (χ1) is 8.00. The average Bonchev–Trinajstić information content (AvgIpc) is 2.29. The first-order valence-electron chi connectivity index (χ1n) is 5.50. The van der Waals surface area contributed by atoms with Crippen LogP contribution in [-0.2, 0) is 4.79 Å². The van der Waals surface area contributed by atoms with E-state index in [1.165, 1.54) is 0 Å². The molecule has 1 N–H and O–H groups in total. The molecule has 0 saturated carbocycles. The van der Waals surface area contributed by atoms with Gasteiger partial charge in [0, 0.05) is 12.1 Å². The maximum Gasteiger partial charge on any atom is 0.307 e. The van der Waals surface area contributed by atoms with Gasteiger partial charge in [0.25, 0.3) is 0 Å². The predicted molar refractivity (Wildman–Crippen MR) is 65.1 cm³/mol. The number of likely N-dealkylation sites (N-methyl/N-ethyl adjacent to an activating group) is 1. The van der Waals surface area contributed by atoms with Gasteiger partial charge in [0.2, 0.25) is 0 Å². The molecule has 0 aliphatic carbocycles. The second-order valence-corrected chi connectivity index (χ2v) is 4.23. The van der Waals surface area contributed by atoms with Crippen molar-refractivity contribution in [2.24, 2.45) is 5.92 Å².